The van der Waals surface area contributed by atoms with E-state index in [2.05, 4.69) is 22.1 Å². The summed E-state index contributed by atoms with van der Waals surface area (Å²) in [6.45, 7) is 10.2. The lowest BCUT2D eigenvalue weighted by molar-refractivity contribution is -0.161. The van der Waals surface area contributed by atoms with Crippen molar-refractivity contribution in [2.75, 3.05) is 12.2 Å². The van der Waals surface area contributed by atoms with Crippen molar-refractivity contribution >= 4 is 51.8 Å². The highest BCUT2D eigenvalue weighted by Crippen LogP contribution is 2.29. The first-order chi connectivity index (χ1) is 15.7. The van der Waals surface area contributed by atoms with Gasteiger partial charge in [0.05, 0.1) is 22.9 Å². The number of carbonyl (C=O) groups excluding carboxylic acids is 2. The molecule has 9 heteroatoms. The summed E-state index contributed by atoms with van der Waals surface area (Å²) in [5.41, 5.74) is 4.42. The van der Waals surface area contributed by atoms with Crippen LogP contribution in [-0.2, 0) is 14.3 Å². The molecule has 0 spiro atoms. The topological polar surface area (TPSA) is 89.9 Å². The van der Waals surface area contributed by atoms with Gasteiger partial charge in [0.25, 0.3) is 0 Å². The van der Waals surface area contributed by atoms with Crippen LogP contribution < -0.4 is 5.43 Å². The van der Waals surface area contributed by atoms with Gasteiger partial charge in [-0.2, -0.15) is 5.10 Å². The van der Waals surface area contributed by atoms with Crippen LogP contribution in [0, 0.1) is 5.41 Å². The third kappa shape index (κ3) is 7.69. The van der Waals surface area contributed by atoms with Crippen LogP contribution in [0.1, 0.15) is 49.3 Å². The van der Waals surface area contributed by atoms with Crippen molar-refractivity contribution in [3.63, 3.8) is 0 Å². The van der Waals surface area contributed by atoms with E-state index in [-0.39, 0.29) is 5.56 Å². The van der Waals surface area contributed by atoms with Crippen LogP contribution in [0.3, 0.4) is 0 Å². The molecule has 0 aliphatic carbocycles. The lowest BCUT2D eigenvalue weighted by Gasteiger charge is -2.16. The van der Waals surface area contributed by atoms with Crippen LogP contribution in [0.25, 0.3) is 5.57 Å². The summed E-state index contributed by atoms with van der Waals surface area (Å²) >= 11 is 7.61. The van der Waals surface area contributed by atoms with E-state index in [1.165, 1.54) is 17.6 Å². The summed E-state index contributed by atoms with van der Waals surface area (Å²) in [5.74, 6) is -1.09. The van der Waals surface area contributed by atoms with Crippen molar-refractivity contribution in [2.45, 2.75) is 27.7 Å². The van der Waals surface area contributed by atoms with E-state index in [1.807, 2.05) is 12.3 Å². The highest BCUT2D eigenvalue weighted by Gasteiger charge is 2.23. The van der Waals surface area contributed by atoms with Gasteiger partial charge in [-0.05, 0) is 33.8 Å². The maximum Gasteiger partial charge on any atom is 0.341 e. The van der Waals surface area contributed by atoms with E-state index >= 15 is 0 Å². The van der Waals surface area contributed by atoms with Gasteiger partial charge in [-0.1, -0.05) is 54.6 Å². The zero-order chi connectivity index (χ0) is 24.4. The van der Waals surface area contributed by atoms with Gasteiger partial charge in [0.15, 0.2) is 0 Å². The number of nitrogens with zero attached hydrogens (tertiary/aromatic N) is 2. The molecule has 0 aliphatic rings. The zero-order valence-corrected chi connectivity index (χ0v) is 20.5. The first-order valence-corrected chi connectivity index (χ1v) is 11.3. The molecule has 1 aromatic heterocycles. The molecular weight excluding hydrogens is 462 g/mol. The summed E-state index contributed by atoms with van der Waals surface area (Å²) < 4.78 is 10.1. The maximum absolute atomic E-state index is 12.4. The molecule has 0 unspecified atom stereocenters. The van der Waals surface area contributed by atoms with Crippen LogP contribution in [-0.4, -0.2) is 29.9 Å². The second kappa shape index (κ2) is 12.1. The predicted octanol–water partition coefficient (Wildman–Crippen LogP) is 6.00. The predicted molar refractivity (Wildman–Crippen MR) is 133 cm³/mol. The Labute approximate surface area is 202 Å². The Morgan fingerprint density at radius 1 is 1.27 bits per heavy atom. The van der Waals surface area contributed by atoms with Crippen LogP contribution in [0.5, 0.6) is 0 Å². The van der Waals surface area contributed by atoms with Gasteiger partial charge in [-0.25, -0.2) is 9.78 Å². The molecule has 7 nitrogen and oxygen atoms in total. The first kappa shape index (κ1) is 26.0. The molecule has 0 bridgehead atoms. The molecule has 0 fully saturated rings. The Kier molecular flexibility index (Phi) is 9.57. The molecule has 0 atom stereocenters. The van der Waals surface area contributed by atoms with Crippen LogP contribution >= 0.6 is 22.9 Å². The Morgan fingerprint density at radius 2 is 2.00 bits per heavy atom. The number of halogens is 1. The van der Waals surface area contributed by atoms with E-state index in [4.69, 9.17) is 21.1 Å². The average Bonchev–Trinajstić information content (AvgIpc) is 3.25. The summed E-state index contributed by atoms with van der Waals surface area (Å²) in [7, 11) is 0. The monoisotopic (exact) mass is 487 g/mol. The number of benzene rings is 1. The molecule has 0 saturated carbocycles. The van der Waals surface area contributed by atoms with Crippen molar-refractivity contribution in [2.24, 2.45) is 10.5 Å². The largest absolute Gasteiger partial charge is 0.427 e. The number of rotatable bonds is 9. The van der Waals surface area contributed by atoms with Crippen molar-refractivity contribution in [1.29, 1.82) is 0 Å². The fourth-order valence-corrected chi connectivity index (χ4v) is 3.21. The minimum Gasteiger partial charge on any atom is -0.427 e. The second-order valence-corrected chi connectivity index (χ2v) is 8.94. The number of thiazole rings is 1. The smallest absolute Gasteiger partial charge is 0.341 e. The number of carbonyl (C=O) groups is 2. The molecule has 2 rings (SSSR count). The number of anilines is 1. The van der Waals surface area contributed by atoms with E-state index in [0.717, 1.165) is 5.57 Å². The summed E-state index contributed by atoms with van der Waals surface area (Å²) in [5, 5.41) is 7.14. The molecule has 0 amide bonds. The third-order valence-electron chi connectivity index (χ3n) is 4.11. The number of allylic oxidation sites excluding steroid dienone is 5. The minimum absolute atomic E-state index is 0.283. The number of hydrazone groups is 1. The van der Waals surface area contributed by atoms with E-state index in [1.54, 1.807) is 63.3 Å². The molecule has 0 saturated heterocycles. The molecule has 1 N–H and O–H groups in total. The quantitative estimate of drug-likeness (QED) is 0.153. The third-order valence-corrected chi connectivity index (χ3v) is 5.28. The number of nitrogens with one attached hydrogen (secondary N) is 1. The van der Waals surface area contributed by atoms with Crippen LogP contribution in [0.2, 0.25) is 0 Å². The van der Waals surface area contributed by atoms with Gasteiger partial charge in [-0.3, -0.25) is 10.2 Å². The minimum atomic E-state index is -0.682. The molecule has 0 radical (unpaired) electrons. The van der Waals surface area contributed by atoms with Crippen molar-refractivity contribution in [3.8, 4) is 0 Å². The Hall–Kier alpha value is -3.23. The summed E-state index contributed by atoms with van der Waals surface area (Å²) in [4.78, 5) is 28.7. The Bertz CT molecular complexity index is 1100. The van der Waals surface area contributed by atoms with Gasteiger partial charge < -0.3 is 9.47 Å². The fraction of sp³-hybridized carbons (Fsp3) is 0.250. The van der Waals surface area contributed by atoms with E-state index in [9.17, 15) is 9.59 Å². The van der Waals surface area contributed by atoms with Crippen molar-refractivity contribution in [1.82, 2.24) is 4.98 Å². The molecule has 0 aliphatic heterocycles. The fourth-order valence-electron chi connectivity index (χ4n) is 2.39. The number of hydrogen-bond donors (Lipinski definition) is 1. The van der Waals surface area contributed by atoms with Crippen LogP contribution in [0.4, 0.5) is 5.13 Å². The number of aromatic nitrogens is 1. The zero-order valence-electron chi connectivity index (χ0n) is 18.9. The van der Waals surface area contributed by atoms with Gasteiger partial charge >= 0.3 is 11.9 Å². The molecular formula is C24H26ClN3O4S. The highest BCUT2D eigenvalue weighted by atomic mass is 35.5. The van der Waals surface area contributed by atoms with Gasteiger partial charge in [-0.15, -0.1) is 11.3 Å². The number of hydrogen-bond acceptors (Lipinski definition) is 8. The number of ether oxygens (including phenoxy) is 2. The lowest BCUT2D eigenvalue weighted by atomic mass is 9.98. The normalized spacial score (nSPS) is 12.5. The summed E-state index contributed by atoms with van der Waals surface area (Å²) in [6.07, 6.45) is 6.69. The Balaban J connectivity index is 2.05. The molecule has 1 heterocycles. The maximum atomic E-state index is 12.4. The average molecular weight is 488 g/mol. The molecule has 2 aromatic rings. The van der Waals surface area contributed by atoms with Gasteiger partial charge in [0.1, 0.15) is 0 Å². The Morgan fingerprint density at radius 3 is 2.67 bits per heavy atom. The van der Waals surface area contributed by atoms with Crippen LogP contribution in [0.15, 0.2) is 64.6 Å². The van der Waals surface area contributed by atoms with Crippen molar-refractivity contribution < 1.29 is 19.1 Å². The SMILES string of the molecule is C=C/C=C(\C(Cl)=C/C)c1csc(N/N=C/c2ccccc2C(=O)OCOC(=O)C(C)(C)C)n1. The van der Waals surface area contributed by atoms with E-state index in [0.29, 0.717) is 21.4 Å². The number of esters is 2. The first-order valence-electron chi connectivity index (χ1n) is 10.0. The van der Waals surface area contributed by atoms with E-state index < -0.39 is 24.1 Å². The lowest BCUT2D eigenvalue weighted by Crippen LogP contribution is -2.24. The van der Waals surface area contributed by atoms with Gasteiger partial charge in [0.2, 0.25) is 11.9 Å². The summed E-state index contributed by atoms with van der Waals surface area (Å²) in [6, 6.07) is 6.79. The molecule has 33 heavy (non-hydrogen) atoms. The standard InChI is InChI=1S/C24H26ClN3O4S/c1-6-10-18(19(25)7-2)20-14-33-23(27-20)28-26-13-16-11-8-9-12-17(16)21(29)31-15-32-22(30)24(3,4)5/h6-14H,1,15H2,2-5H3,(H,27,28)/b18-10+,19-7+,26-13+. The highest BCUT2D eigenvalue weighted by molar-refractivity contribution is 7.13. The molecule has 1 aromatic carbocycles. The van der Waals surface area contributed by atoms with Crippen molar-refractivity contribution in [3.05, 3.63) is 76.3 Å². The second-order valence-electron chi connectivity index (χ2n) is 7.68. The molecule has 174 valence electrons. The van der Waals surface area contributed by atoms with Gasteiger partial charge in [0, 0.05) is 21.5 Å².